The molecule has 0 aliphatic carbocycles. The molecule has 0 aromatic carbocycles. The topological polar surface area (TPSA) is 51.2 Å². The van der Waals surface area contributed by atoms with Crippen molar-refractivity contribution >= 4 is 17.5 Å². The number of pyridine rings is 1. The van der Waals surface area contributed by atoms with Gasteiger partial charge in [0, 0.05) is 25.1 Å². The fourth-order valence-corrected chi connectivity index (χ4v) is 2.72. The van der Waals surface area contributed by atoms with E-state index in [0.717, 1.165) is 0 Å². The second-order valence-corrected chi connectivity index (χ2v) is 5.31. The monoisotopic (exact) mass is 322 g/mol. The second-order valence-electron chi connectivity index (χ2n) is 4.92. The standard InChI is InChI=1S/C13H14ClF3N2O2/c1-21-6-9(7-2-3-18-11(14)4-7)8-5-10(13(15,16)17)19-12(8)20/h2-4,8-10H,5-6H2,1H3,(H,19,20)/t8?,9?,10-/m0/s1. The molecule has 1 aromatic heterocycles. The predicted octanol–water partition coefficient (Wildman–Crippen LogP) is 2.53. The lowest BCUT2D eigenvalue weighted by Crippen LogP contribution is -2.38. The van der Waals surface area contributed by atoms with Gasteiger partial charge in [-0.25, -0.2) is 4.98 Å². The minimum absolute atomic E-state index is 0.128. The highest BCUT2D eigenvalue weighted by Gasteiger charge is 2.49. The molecule has 116 valence electrons. The number of halogens is 4. The van der Waals surface area contributed by atoms with Crippen molar-refractivity contribution in [1.29, 1.82) is 0 Å². The number of ether oxygens (including phenoxy) is 1. The van der Waals surface area contributed by atoms with Crippen molar-refractivity contribution in [3.05, 3.63) is 29.0 Å². The van der Waals surface area contributed by atoms with E-state index in [4.69, 9.17) is 16.3 Å². The van der Waals surface area contributed by atoms with Crippen LogP contribution in [-0.4, -0.2) is 36.8 Å². The minimum Gasteiger partial charge on any atom is -0.384 e. The molecule has 1 amide bonds. The highest BCUT2D eigenvalue weighted by Crippen LogP contribution is 2.37. The van der Waals surface area contributed by atoms with Gasteiger partial charge in [-0.15, -0.1) is 0 Å². The summed E-state index contributed by atoms with van der Waals surface area (Å²) < 4.78 is 43.3. The number of hydrogen-bond acceptors (Lipinski definition) is 3. The number of nitrogens with zero attached hydrogens (tertiary/aromatic N) is 1. The molecule has 2 unspecified atom stereocenters. The van der Waals surface area contributed by atoms with Gasteiger partial charge in [-0.1, -0.05) is 11.6 Å². The van der Waals surface area contributed by atoms with Crippen LogP contribution in [0.3, 0.4) is 0 Å². The van der Waals surface area contributed by atoms with Crippen molar-refractivity contribution < 1.29 is 22.7 Å². The fraction of sp³-hybridized carbons (Fsp3) is 0.538. The van der Waals surface area contributed by atoms with E-state index in [2.05, 4.69) is 4.98 Å². The molecule has 3 atom stereocenters. The van der Waals surface area contributed by atoms with Crippen molar-refractivity contribution in [3.63, 3.8) is 0 Å². The van der Waals surface area contributed by atoms with E-state index in [1.165, 1.54) is 13.3 Å². The number of methoxy groups -OCH3 is 1. The summed E-state index contributed by atoms with van der Waals surface area (Å²) in [5, 5.41) is 2.22. The van der Waals surface area contributed by atoms with Crippen molar-refractivity contribution in [2.24, 2.45) is 5.92 Å². The van der Waals surface area contributed by atoms with Crippen LogP contribution >= 0.6 is 11.6 Å². The number of rotatable bonds is 4. The first kappa shape index (κ1) is 16.0. The fourth-order valence-electron chi connectivity index (χ4n) is 2.53. The molecule has 0 spiro atoms. The second kappa shape index (κ2) is 6.19. The van der Waals surface area contributed by atoms with E-state index < -0.39 is 30.0 Å². The van der Waals surface area contributed by atoms with Gasteiger partial charge in [0.25, 0.3) is 0 Å². The molecule has 1 saturated heterocycles. The Bertz CT molecular complexity index is 524. The molecule has 1 aliphatic heterocycles. The predicted molar refractivity (Wildman–Crippen MR) is 70.0 cm³/mol. The smallest absolute Gasteiger partial charge is 0.384 e. The quantitative estimate of drug-likeness (QED) is 0.867. The molecule has 8 heteroatoms. The van der Waals surface area contributed by atoms with Gasteiger partial charge in [-0.3, -0.25) is 4.79 Å². The first-order valence-corrected chi connectivity index (χ1v) is 6.68. The number of aromatic nitrogens is 1. The van der Waals surface area contributed by atoms with Gasteiger partial charge in [0.2, 0.25) is 5.91 Å². The molecule has 1 aliphatic rings. The van der Waals surface area contributed by atoms with Crippen molar-refractivity contribution in [1.82, 2.24) is 10.3 Å². The third-order valence-electron chi connectivity index (χ3n) is 3.55. The Hall–Kier alpha value is -1.34. The Morgan fingerprint density at radius 2 is 2.29 bits per heavy atom. The van der Waals surface area contributed by atoms with Crippen LogP contribution in [0.5, 0.6) is 0 Å². The number of carbonyl (C=O) groups excluding carboxylic acids is 1. The van der Waals surface area contributed by atoms with Crippen LogP contribution in [-0.2, 0) is 9.53 Å². The van der Waals surface area contributed by atoms with E-state index in [0.29, 0.717) is 5.56 Å². The lowest BCUT2D eigenvalue weighted by Gasteiger charge is -2.21. The number of hydrogen-bond donors (Lipinski definition) is 1. The van der Waals surface area contributed by atoms with Crippen LogP contribution in [0.1, 0.15) is 17.9 Å². The normalized spacial score (nSPS) is 24.0. The number of nitrogens with one attached hydrogen (secondary N) is 1. The summed E-state index contributed by atoms with van der Waals surface area (Å²) >= 11 is 5.80. The number of alkyl halides is 3. The van der Waals surface area contributed by atoms with Gasteiger partial charge < -0.3 is 10.1 Å². The highest BCUT2D eigenvalue weighted by molar-refractivity contribution is 6.29. The summed E-state index contributed by atoms with van der Waals surface area (Å²) in [4.78, 5) is 15.7. The molecule has 21 heavy (non-hydrogen) atoms. The van der Waals surface area contributed by atoms with Crippen LogP contribution in [0.2, 0.25) is 5.15 Å². The Kier molecular flexibility index (Phi) is 4.73. The van der Waals surface area contributed by atoms with Gasteiger partial charge in [-0.05, 0) is 24.1 Å². The first-order chi connectivity index (χ1) is 9.82. The average molecular weight is 323 g/mol. The Morgan fingerprint density at radius 3 is 2.81 bits per heavy atom. The van der Waals surface area contributed by atoms with Crippen molar-refractivity contribution in [3.8, 4) is 0 Å². The summed E-state index contributed by atoms with van der Waals surface area (Å²) in [6.45, 7) is 0.128. The lowest BCUT2D eigenvalue weighted by molar-refractivity contribution is -0.155. The Morgan fingerprint density at radius 1 is 1.57 bits per heavy atom. The van der Waals surface area contributed by atoms with Gasteiger partial charge in [-0.2, -0.15) is 13.2 Å². The minimum atomic E-state index is -4.45. The van der Waals surface area contributed by atoms with Crippen LogP contribution in [0.25, 0.3) is 0 Å². The molecule has 0 radical (unpaired) electrons. The summed E-state index contributed by atoms with van der Waals surface area (Å²) in [5.41, 5.74) is 0.639. The third kappa shape index (κ3) is 3.65. The molecule has 2 rings (SSSR count). The molecular weight excluding hydrogens is 309 g/mol. The number of carbonyl (C=O) groups is 1. The van der Waals surface area contributed by atoms with Gasteiger partial charge in [0.05, 0.1) is 6.61 Å². The van der Waals surface area contributed by atoms with E-state index in [1.807, 2.05) is 5.32 Å². The molecule has 1 aromatic rings. The van der Waals surface area contributed by atoms with E-state index in [-0.39, 0.29) is 18.2 Å². The summed E-state index contributed by atoms with van der Waals surface area (Å²) in [7, 11) is 1.43. The Labute approximate surface area is 124 Å². The van der Waals surface area contributed by atoms with Crippen molar-refractivity contribution in [2.45, 2.75) is 24.6 Å². The molecule has 2 heterocycles. The largest absolute Gasteiger partial charge is 0.408 e. The molecule has 0 saturated carbocycles. The van der Waals surface area contributed by atoms with Crippen LogP contribution in [0.15, 0.2) is 18.3 Å². The van der Waals surface area contributed by atoms with Crippen molar-refractivity contribution in [2.75, 3.05) is 13.7 Å². The first-order valence-electron chi connectivity index (χ1n) is 6.30. The highest BCUT2D eigenvalue weighted by atomic mass is 35.5. The zero-order chi connectivity index (χ0) is 15.6. The molecular formula is C13H14ClF3N2O2. The summed E-state index contributed by atoms with van der Waals surface area (Å²) in [6.07, 6.45) is -3.30. The maximum absolute atomic E-state index is 12.7. The van der Waals surface area contributed by atoms with E-state index in [1.54, 1.807) is 12.1 Å². The van der Waals surface area contributed by atoms with Crippen LogP contribution < -0.4 is 5.32 Å². The average Bonchev–Trinajstić information content (AvgIpc) is 2.78. The summed E-state index contributed by atoms with van der Waals surface area (Å²) in [5.74, 6) is -1.93. The molecule has 0 bridgehead atoms. The third-order valence-corrected chi connectivity index (χ3v) is 3.76. The Balaban J connectivity index is 2.25. The van der Waals surface area contributed by atoms with Gasteiger partial charge in [0.15, 0.2) is 0 Å². The number of amides is 1. The van der Waals surface area contributed by atoms with Gasteiger partial charge in [0.1, 0.15) is 11.2 Å². The molecule has 4 nitrogen and oxygen atoms in total. The lowest BCUT2D eigenvalue weighted by atomic mass is 9.85. The van der Waals surface area contributed by atoms with Gasteiger partial charge >= 0.3 is 6.18 Å². The zero-order valence-corrected chi connectivity index (χ0v) is 11.9. The molecule has 1 fully saturated rings. The summed E-state index contributed by atoms with van der Waals surface area (Å²) in [6, 6.07) is 1.36. The van der Waals surface area contributed by atoms with Crippen LogP contribution in [0.4, 0.5) is 13.2 Å². The van der Waals surface area contributed by atoms with Crippen LogP contribution in [0, 0.1) is 5.92 Å². The SMILES string of the molecule is COCC(c1ccnc(Cl)c1)C1C[C@@H](C(F)(F)F)NC1=O. The van der Waals surface area contributed by atoms with E-state index in [9.17, 15) is 18.0 Å². The zero-order valence-electron chi connectivity index (χ0n) is 11.2. The molecule has 1 N–H and O–H groups in total. The maximum atomic E-state index is 12.7. The maximum Gasteiger partial charge on any atom is 0.408 e. The van der Waals surface area contributed by atoms with E-state index >= 15 is 0 Å².